The van der Waals surface area contributed by atoms with Crippen molar-refractivity contribution in [3.8, 4) is 5.88 Å². The molecule has 8 heteroatoms. The van der Waals surface area contributed by atoms with Gasteiger partial charge >= 0.3 is 17.5 Å². The van der Waals surface area contributed by atoms with Gasteiger partial charge in [0.05, 0.1) is 4.92 Å². The Morgan fingerprint density at radius 1 is 1.67 bits per heavy atom. The highest BCUT2D eigenvalue weighted by Crippen LogP contribution is 2.27. The van der Waals surface area contributed by atoms with Crippen LogP contribution in [0.4, 0.5) is 5.69 Å². The smallest absolute Gasteiger partial charge is 0.332 e. The fourth-order valence-electron chi connectivity index (χ4n) is 1.68. The molecule has 2 rings (SSSR count). The van der Waals surface area contributed by atoms with Gasteiger partial charge in [0.1, 0.15) is 6.04 Å². The predicted octanol–water partition coefficient (Wildman–Crippen LogP) is 1.41. The van der Waals surface area contributed by atoms with E-state index < -0.39 is 16.9 Å². The van der Waals surface area contributed by atoms with Crippen molar-refractivity contribution >= 4 is 27.6 Å². The van der Waals surface area contributed by atoms with Gasteiger partial charge in [-0.2, -0.15) is 0 Å². The third-order valence-corrected chi connectivity index (χ3v) is 2.97. The van der Waals surface area contributed by atoms with Crippen LogP contribution in [0.2, 0.25) is 0 Å². The lowest BCUT2D eigenvalue weighted by Crippen LogP contribution is -2.34. The van der Waals surface area contributed by atoms with Crippen LogP contribution in [0.5, 0.6) is 5.88 Å². The fraction of sp³-hybridized carbons (Fsp3) is 0.400. The number of nitro groups is 1. The maximum atomic E-state index is 11.7. The summed E-state index contributed by atoms with van der Waals surface area (Å²) in [6.07, 6.45) is 2.90. The SMILES string of the molecule is O=C(Oc1ncc(Br)cc1[N+](=O)[O-])C1CCCN1. The number of pyridine rings is 1. The molecular weight excluding hydrogens is 306 g/mol. The topological polar surface area (TPSA) is 94.4 Å². The number of carbonyl (C=O) groups is 1. The molecule has 1 aliphatic rings. The molecule has 1 saturated heterocycles. The van der Waals surface area contributed by atoms with Crippen molar-refractivity contribution in [3.05, 3.63) is 26.9 Å². The van der Waals surface area contributed by atoms with Crippen molar-refractivity contribution in [2.24, 2.45) is 0 Å². The molecule has 1 unspecified atom stereocenters. The summed E-state index contributed by atoms with van der Waals surface area (Å²) in [5.74, 6) is -0.813. The van der Waals surface area contributed by atoms with E-state index in [1.807, 2.05) is 0 Å². The van der Waals surface area contributed by atoms with Crippen LogP contribution in [0, 0.1) is 10.1 Å². The number of rotatable bonds is 3. The zero-order valence-electron chi connectivity index (χ0n) is 9.26. The number of aromatic nitrogens is 1. The Morgan fingerprint density at radius 2 is 2.44 bits per heavy atom. The molecule has 1 N–H and O–H groups in total. The fourth-order valence-corrected chi connectivity index (χ4v) is 2.00. The Bertz CT molecular complexity index is 488. The standard InChI is InChI=1S/C10H10BrN3O4/c11-6-4-8(14(16)17)9(13-5-6)18-10(15)7-2-1-3-12-7/h4-5,7,12H,1-3H2. The first-order valence-electron chi connectivity index (χ1n) is 5.33. The normalized spacial score (nSPS) is 18.6. The largest absolute Gasteiger partial charge is 0.400 e. The molecule has 0 aromatic carbocycles. The summed E-state index contributed by atoms with van der Waals surface area (Å²) in [5.41, 5.74) is -0.337. The molecule has 0 amide bonds. The lowest BCUT2D eigenvalue weighted by atomic mass is 10.2. The van der Waals surface area contributed by atoms with Gasteiger partial charge in [-0.15, -0.1) is 0 Å². The lowest BCUT2D eigenvalue weighted by molar-refractivity contribution is -0.386. The van der Waals surface area contributed by atoms with Gasteiger partial charge in [0.2, 0.25) is 0 Å². The summed E-state index contributed by atoms with van der Waals surface area (Å²) in [6, 6.07) is 0.840. The van der Waals surface area contributed by atoms with Crippen LogP contribution in [0.25, 0.3) is 0 Å². The molecule has 0 bridgehead atoms. The predicted molar refractivity (Wildman–Crippen MR) is 65.3 cm³/mol. The van der Waals surface area contributed by atoms with E-state index in [2.05, 4.69) is 26.2 Å². The van der Waals surface area contributed by atoms with Gasteiger partial charge in [-0.05, 0) is 35.3 Å². The van der Waals surface area contributed by atoms with Crippen molar-refractivity contribution in [1.29, 1.82) is 0 Å². The van der Waals surface area contributed by atoms with E-state index in [0.29, 0.717) is 10.9 Å². The molecular formula is C10H10BrN3O4. The van der Waals surface area contributed by atoms with Crippen LogP contribution in [-0.2, 0) is 4.79 Å². The van der Waals surface area contributed by atoms with Gasteiger partial charge in [0.15, 0.2) is 0 Å². The van der Waals surface area contributed by atoms with E-state index in [1.54, 1.807) is 0 Å². The summed E-state index contributed by atoms with van der Waals surface area (Å²) in [5, 5.41) is 13.8. The molecule has 1 aromatic rings. The lowest BCUT2D eigenvalue weighted by Gasteiger charge is -2.09. The first-order valence-corrected chi connectivity index (χ1v) is 6.12. The van der Waals surface area contributed by atoms with Crippen LogP contribution >= 0.6 is 15.9 Å². The van der Waals surface area contributed by atoms with Crippen LogP contribution in [-0.4, -0.2) is 28.5 Å². The van der Waals surface area contributed by atoms with Crippen molar-refractivity contribution in [2.45, 2.75) is 18.9 Å². The Kier molecular flexibility index (Phi) is 3.87. The van der Waals surface area contributed by atoms with Gasteiger partial charge in [-0.25, -0.2) is 9.78 Å². The number of ether oxygens (including phenoxy) is 1. The van der Waals surface area contributed by atoms with Crippen LogP contribution in [0.15, 0.2) is 16.7 Å². The molecule has 1 aromatic heterocycles. The highest BCUT2D eigenvalue weighted by Gasteiger charge is 2.27. The molecule has 0 spiro atoms. The summed E-state index contributed by atoms with van der Waals surface area (Å²) >= 11 is 3.08. The van der Waals surface area contributed by atoms with E-state index in [9.17, 15) is 14.9 Å². The van der Waals surface area contributed by atoms with E-state index in [-0.39, 0.29) is 11.6 Å². The van der Waals surface area contributed by atoms with Gasteiger partial charge in [0.25, 0.3) is 0 Å². The molecule has 0 saturated carbocycles. The first kappa shape index (κ1) is 12.9. The quantitative estimate of drug-likeness (QED) is 0.515. The third kappa shape index (κ3) is 2.82. The Balaban J connectivity index is 2.17. The molecule has 2 heterocycles. The maximum absolute atomic E-state index is 11.7. The van der Waals surface area contributed by atoms with E-state index >= 15 is 0 Å². The molecule has 96 valence electrons. The van der Waals surface area contributed by atoms with Crippen molar-refractivity contribution in [1.82, 2.24) is 10.3 Å². The van der Waals surface area contributed by atoms with Crippen LogP contribution < -0.4 is 10.1 Å². The highest BCUT2D eigenvalue weighted by molar-refractivity contribution is 9.10. The number of hydrogen-bond donors (Lipinski definition) is 1. The van der Waals surface area contributed by atoms with E-state index in [0.717, 1.165) is 13.0 Å². The van der Waals surface area contributed by atoms with Gasteiger partial charge in [-0.3, -0.25) is 10.1 Å². The zero-order valence-corrected chi connectivity index (χ0v) is 10.8. The summed E-state index contributed by atoms with van der Waals surface area (Å²) in [4.78, 5) is 25.6. The van der Waals surface area contributed by atoms with Gasteiger partial charge < -0.3 is 10.1 Å². The second-order valence-electron chi connectivity index (χ2n) is 3.80. The van der Waals surface area contributed by atoms with Crippen LogP contribution in [0.1, 0.15) is 12.8 Å². The molecule has 1 atom stereocenters. The minimum atomic E-state index is -0.636. The van der Waals surface area contributed by atoms with Gasteiger partial charge in [-0.1, -0.05) is 0 Å². The zero-order chi connectivity index (χ0) is 13.1. The summed E-state index contributed by atoms with van der Waals surface area (Å²) < 4.78 is 5.42. The highest BCUT2D eigenvalue weighted by atomic mass is 79.9. The molecule has 0 radical (unpaired) electrons. The number of esters is 1. The van der Waals surface area contributed by atoms with Crippen molar-refractivity contribution in [3.63, 3.8) is 0 Å². The van der Waals surface area contributed by atoms with Gasteiger partial charge in [0, 0.05) is 16.7 Å². The number of nitrogens with zero attached hydrogens (tertiary/aromatic N) is 2. The third-order valence-electron chi connectivity index (χ3n) is 2.54. The minimum Gasteiger partial charge on any atom is -0.400 e. The van der Waals surface area contributed by atoms with E-state index in [4.69, 9.17) is 4.74 Å². The van der Waals surface area contributed by atoms with Crippen molar-refractivity contribution in [2.75, 3.05) is 6.54 Å². The average molecular weight is 316 g/mol. The van der Waals surface area contributed by atoms with Crippen molar-refractivity contribution < 1.29 is 14.5 Å². The Morgan fingerprint density at radius 3 is 3.06 bits per heavy atom. The summed E-state index contributed by atoms with van der Waals surface area (Å²) in [7, 11) is 0. The van der Waals surface area contributed by atoms with E-state index in [1.165, 1.54) is 12.3 Å². The molecule has 18 heavy (non-hydrogen) atoms. The Labute approximate surface area is 111 Å². The number of halogens is 1. The molecule has 7 nitrogen and oxygen atoms in total. The maximum Gasteiger partial charge on any atom is 0.332 e. The first-order chi connectivity index (χ1) is 8.58. The average Bonchev–Trinajstić information content (AvgIpc) is 2.84. The summed E-state index contributed by atoms with van der Waals surface area (Å²) in [6.45, 7) is 0.746. The number of hydrogen-bond acceptors (Lipinski definition) is 6. The monoisotopic (exact) mass is 315 g/mol. The molecule has 0 aliphatic carbocycles. The number of nitrogens with one attached hydrogen (secondary N) is 1. The number of carbonyl (C=O) groups excluding carboxylic acids is 1. The molecule has 1 aliphatic heterocycles. The minimum absolute atomic E-state index is 0.276. The second-order valence-corrected chi connectivity index (χ2v) is 4.72. The Hall–Kier alpha value is -1.54. The second kappa shape index (κ2) is 5.40. The molecule has 1 fully saturated rings. The van der Waals surface area contributed by atoms with Crippen LogP contribution in [0.3, 0.4) is 0 Å².